The lowest BCUT2D eigenvalue weighted by molar-refractivity contribution is -0.109. The van der Waals surface area contributed by atoms with E-state index in [2.05, 4.69) is 17.4 Å². The van der Waals surface area contributed by atoms with Crippen molar-refractivity contribution in [3.8, 4) is 5.75 Å². The summed E-state index contributed by atoms with van der Waals surface area (Å²) in [5.74, 6) is 1.69. The highest BCUT2D eigenvalue weighted by molar-refractivity contribution is 5.51. The van der Waals surface area contributed by atoms with Crippen molar-refractivity contribution in [2.45, 2.75) is 31.6 Å². The molecule has 0 spiro atoms. The van der Waals surface area contributed by atoms with Crippen molar-refractivity contribution >= 4 is 6.41 Å². The van der Waals surface area contributed by atoms with E-state index in [0.29, 0.717) is 5.92 Å². The van der Waals surface area contributed by atoms with Gasteiger partial charge in [-0.25, -0.2) is 0 Å². The molecule has 0 saturated carbocycles. The van der Waals surface area contributed by atoms with E-state index >= 15 is 0 Å². The quantitative estimate of drug-likeness (QED) is 0.633. The van der Waals surface area contributed by atoms with E-state index in [1.807, 2.05) is 0 Å². The number of fused-ring (bicyclic) bond motifs is 3. The van der Waals surface area contributed by atoms with Gasteiger partial charge in [-0.15, -0.1) is 0 Å². The molecular weight excluding hydrogens is 214 g/mol. The molecule has 1 aromatic rings. The molecule has 0 fully saturated rings. The fourth-order valence-corrected chi connectivity index (χ4v) is 3.16. The van der Waals surface area contributed by atoms with Crippen LogP contribution in [0.2, 0.25) is 0 Å². The number of carbonyl (C=O) groups is 1. The third-order valence-corrected chi connectivity index (χ3v) is 3.90. The molecule has 2 aliphatic rings. The zero-order chi connectivity index (χ0) is 11.7. The minimum absolute atomic E-state index is 0.606. The fourth-order valence-electron chi connectivity index (χ4n) is 3.16. The summed E-state index contributed by atoms with van der Waals surface area (Å²) in [5, 5.41) is 2.76. The van der Waals surface area contributed by atoms with Crippen LogP contribution in [0, 0.1) is 0 Å². The fraction of sp³-hybridized carbons (Fsp3) is 0.500. The van der Waals surface area contributed by atoms with Crippen LogP contribution in [0.5, 0.6) is 5.75 Å². The van der Waals surface area contributed by atoms with Crippen LogP contribution in [-0.2, 0) is 17.6 Å². The number of amides is 1. The zero-order valence-electron chi connectivity index (χ0n) is 9.87. The molecule has 3 heteroatoms. The van der Waals surface area contributed by atoms with E-state index in [-0.39, 0.29) is 0 Å². The Morgan fingerprint density at radius 3 is 3.24 bits per heavy atom. The maximum atomic E-state index is 10.3. The molecule has 1 aliphatic carbocycles. The van der Waals surface area contributed by atoms with Crippen LogP contribution in [-0.4, -0.2) is 19.6 Å². The van der Waals surface area contributed by atoms with Gasteiger partial charge in [-0.2, -0.15) is 0 Å². The van der Waals surface area contributed by atoms with Gasteiger partial charge in [-0.1, -0.05) is 6.07 Å². The summed E-state index contributed by atoms with van der Waals surface area (Å²) in [4.78, 5) is 10.3. The second-order valence-corrected chi connectivity index (χ2v) is 4.81. The van der Waals surface area contributed by atoms with Gasteiger partial charge in [-0.3, -0.25) is 4.79 Å². The van der Waals surface area contributed by atoms with E-state index in [4.69, 9.17) is 4.74 Å². The Hall–Kier alpha value is -1.51. The molecule has 1 N–H and O–H groups in total. The number of aryl methyl sites for hydroxylation is 1. The first kappa shape index (κ1) is 10.6. The summed E-state index contributed by atoms with van der Waals surface area (Å²) in [6.07, 6.45) is 5.27. The molecule has 0 aromatic heterocycles. The van der Waals surface area contributed by atoms with Crippen LogP contribution in [0.15, 0.2) is 12.1 Å². The third-order valence-electron chi connectivity index (χ3n) is 3.90. The molecule has 3 rings (SSSR count). The zero-order valence-corrected chi connectivity index (χ0v) is 9.87. The second kappa shape index (κ2) is 4.40. The highest BCUT2D eigenvalue weighted by Crippen LogP contribution is 2.42. The molecule has 0 radical (unpaired) electrons. The van der Waals surface area contributed by atoms with Crippen LogP contribution in [0.1, 0.15) is 35.4 Å². The van der Waals surface area contributed by atoms with E-state index in [1.54, 1.807) is 0 Å². The molecule has 1 heterocycles. The van der Waals surface area contributed by atoms with Crippen LogP contribution in [0.3, 0.4) is 0 Å². The van der Waals surface area contributed by atoms with Gasteiger partial charge in [0.15, 0.2) is 0 Å². The largest absolute Gasteiger partial charge is 0.493 e. The van der Waals surface area contributed by atoms with Crippen molar-refractivity contribution < 1.29 is 9.53 Å². The number of carbonyl (C=O) groups excluding carboxylic acids is 1. The van der Waals surface area contributed by atoms with Crippen molar-refractivity contribution in [2.24, 2.45) is 0 Å². The number of rotatable bonds is 4. The monoisotopic (exact) mass is 231 g/mol. The lowest BCUT2D eigenvalue weighted by Gasteiger charge is -2.14. The third kappa shape index (κ3) is 1.79. The Labute approximate surface area is 101 Å². The van der Waals surface area contributed by atoms with Gasteiger partial charge in [0.05, 0.1) is 6.61 Å². The summed E-state index contributed by atoms with van der Waals surface area (Å²) in [6.45, 7) is 1.60. The summed E-state index contributed by atoms with van der Waals surface area (Å²) >= 11 is 0. The van der Waals surface area contributed by atoms with E-state index < -0.39 is 0 Å². The van der Waals surface area contributed by atoms with Crippen molar-refractivity contribution in [3.63, 3.8) is 0 Å². The molecule has 0 saturated heterocycles. The predicted molar refractivity (Wildman–Crippen MR) is 65.4 cm³/mol. The summed E-state index contributed by atoms with van der Waals surface area (Å²) in [5.41, 5.74) is 4.44. The van der Waals surface area contributed by atoms with Crippen molar-refractivity contribution in [1.29, 1.82) is 0 Å². The van der Waals surface area contributed by atoms with Gasteiger partial charge in [0.25, 0.3) is 0 Å². The Bertz CT molecular complexity index is 442. The van der Waals surface area contributed by atoms with Gasteiger partial charge < -0.3 is 10.1 Å². The number of hydrogen-bond acceptors (Lipinski definition) is 2. The molecule has 17 heavy (non-hydrogen) atoms. The van der Waals surface area contributed by atoms with Crippen LogP contribution in [0.25, 0.3) is 0 Å². The normalized spacial score (nSPS) is 20.6. The summed E-state index contributed by atoms with van der Waals surface area (Å²) < 4.78 is 5.63. The minimum Gasteiger partial charge on any atom is -0.493 e. The molecular formula is C14H17NO2. The summed E-state index contributed by atoms with van der Waals surface area (Å²) in [7, 11) is 0. The van der Waals surface area contributed by atoms with E-state index in [1.165, 1.54) is 29.5 Å². The molecule has 90 valence electrons. The van der Waals surface area contributed by atoms with Crippen LogP contribution in [0.4, 0.5) is 0 Å². The Balaban J connectivity index is 1.85. The van der Waals surface area contributed by atoms with Gasteiger partial charge in [0, 0.05) is 18.5 Å². The van der Waals surface area contributed by atoms with E-state index in [0.717, 1.165) is 38.2 Å². The molecule has 1 atom stereocenters. The number of hydrogen-bond donors (Lipinski definition) is 1. The molecule has 0 unspecified atom stereocenters. The van der Waals surface area contributed by atoms with Crippen molar-refractivity contribution in [3.05, 3.63) is 28.8 Å². The molecule has 3 nitrogen and oxygen atoms in total. The SMILES string of the molecule is O=CNCC[C@@H]1CCc2ccc3c(c21)CCO3. The van der Waals surface area contributed by atoms with Gasteiger partial charge in [0.2, 0.25) is 6.41 Å². The first-order valence-corrected chi connectivity index (χ1v) is 6.34. The maximum Gasteiger partial charge on any atom is 0.207 e. The number of benzene rings is 1. The molecule has 1 amide bonds. The Morgan fingerprint density at radius 2 is 2.35 bits per heavy atom. The lowest BCUT2D eigenvalue weighted by Crippen LogP contribution is -2.14. The standard InChI is InChI=1S/C14H17NO2/c16-9-15-7-5-11-2-1-10-3-4-13-12(14(10)11)6-8-17-13/h3-4,9,11H,1-2,5-8H2,(H,15,16)/t11-/m0/s1. The van der Waals surface area contributed by atoms with E-state index in [9.17, 15) is 4.79 Å². The highest BCUT2D eigenvalue weighted by Gasteiger charge is 2.28. The molecule has 0 bridgehead atoms. The topological polar surface area (TPSA) is 38.3 Å². The Morgan fingerprint density at radius 1 is 1.41 bits per heavy atom. The number of ether oxygens (including phenoxy) is 1. The predicted octanol–water partition coefficient (Wildman–Crippen LogP) is 1.79. The average Bonchev–Trinajstić information content (AvgIpc) is 2.94. The Kier molecular flexibility index (Phi) is 2.75. The van der Waals surface area contributed by atoms with Crippen molar-refractivity contribution in [2.75, 3.05) is 13.2 Å². The summed E-state index contributed by atoms with van der Waals surface area (Å²) in [6, 6.07) is 4.33. The second-order valence-electron chi connectivity index (χ2n) is 4.81. The first-order chi connectivity index (χ1) is 8.40. The first-order valence-electron chi connectivity index (χ1n) is 6.34. The lowest BCUT2D eigenvalue weighted by atomic mass is 9.92. The van der Waals surface area contributed by atoms with Gasteiger partial charge in [0.1, 0.15) is 5.75 Å². The van der Waals surface area contributed by atoms with Crippen LogP contribution >= 0.6 is 0 Å². The van der Waals surface area contributed by atoms with Crippen LogP contribution < -0.4 is 10.1 Å². The van der Waals surface area contributed by atoms with Crippen molar-refractivity contribution in [1.82, 2.24) is 5.32 Å². The maximum absolute atomic E-state index is 10.3. The number of nitrogens with one attached hydrogen (secondary N) is 1. The minimum atomic E-state index is 0.606. The molecule has 1 aromatic carbocycles. The average molecular weight is 231 g/mol. The van der Waals surface area contributed by atoms with Gasteiger partial charge in [-0.05, 0) is 42.4 Å². The molecule has 1 aliphatic heterocycles. The van der Waals surface area contributed by atoms with Gasteiger partial charge >= 0.3 is 0 Å². The highest BCUT2D eigenvalue weighted by atomic mass is 16.5. The smallest absolute Gasteiger partial charge is 0.207 e.